The van der Waals surface area contributed by atoms with Gasteiger partial charge in [0.2, 0.25) is 0 Å². The average Bonchev–Trinajstić information content (AvgIpc) is 1.27. The first kappa shape index (κ1) is 29.3. The molecule has 0 saturated carbocycles. The summed E-state index contributed by atoms with van der Waals surface area (Å²) in [6, 6.07) is 0. The third-order valence-electron chi connectivity index (χ3n) is 0. The predicted molar refractivity (Wildman–Crippen MR) is 36.5 cm³/mol. The molecule has 11 heavy (non-hydrogen) atoms. The summed E-state index contributed by atoms with van der Waals surface area (Å²) in [5, 5.41) is 2.75. The smallest absolute Gasteiger partial charge is 1.00 e. The van der Waals surface area contributed by atoms with Gasteiger partial charge in [0.1, 0.15) is 0 Å². The predicted octanol–water partition coefficient (Wildman–Crippen LogP) is -6.66. The molecule has 0 aliphatic carbocycles. The molecule has 0 saturated heterocycles. The van der Waals surface area contributed by atoms with E-state index in [2.05, 4.69) is 5.32 Å². The van der Waals surface area contributed by atoms with Crippen LogP contribution in [-0.4, -0.2) is 28.8 Å². The Balaban J connectivity index is -0.0000000183. The van der Waals surface area contributed by atoms with Gasteiger partial charge in [-0.05, 0) is 14.1 Å². The molecule has 0 bridgehead atoms. The van der Waals surface area contributed by atoms with Crippen molar-refractivity contribution in [1.29, 1.82) is 0 Å². The third kappa shape index (κ3) is 398. The molecule has 0 heterocycles. The Hall–Kier alpha value is 1.65. The zero-order valence-corrected chi connectivity index (χ0v) is 11.0. The van der Waals surface area contributed by atoms with E-state index in [1.165, 1.54) is 0 Å². The normalized spacial score (nSPS) is 7.00. The molecule has 0 unspecified atom stereocenters. The summed E-state index contributed by atoms with van der Waals surface area (Å²) in [5.41, 5.74) is 0. The van der Waals surface area contributed by atoms with Crippen LogP contribution in [0.5, 0.6) is 0 Å². The van der Waals surface area contributed by atoms with Crippen LogP contribution in [0, 0.1) is 0 Å². The first-order valence-electron chi connectivity index (χ1n) is 1.78. The molecule has 0 aliphatic rings. The molecule has 68 valence electrons. The van der Waals surface area contributed by atoms with E-state index in [0.717, 1.165) is 0 Å². The van der Waals surface area contributed by atoms with E-state index in [0.29, 0.717) is 0 Å². The van der Waals surface area contributed by atoms with Gasteiger partial charge >= 0.3 is 37.4 Å². The van der Waals surface area contributed by atoms with Crippen molar-refractivity contribution in [3.8, 4) is 0 Å². The van der Waals surface area contributed by atoms with Crippen LogP contribution in [0.3, 0.4) is 0 Å². The number of hydrogen-bond donors (Lipinski definition) is 4. The Morgan fingerprint density at radius 3 is 1.18 bits per heavy atom. The topological polar surface area (TPSA) is 89.8 Å². The Morgan fingerprint density at radius 1 is 1.18 bits per heavy atom. The SMILES string of the molecule is CNC.Cl.O=P(O)(O)O.[Cl-].[Na+]. The van der Waals surface area contributed by atoms with E-state index in [-0.39, 0.29) is 54.4 Å². The van der Waals surface area contributed by atoms with E-state index >= 15 is 0 Å². The fraction of sp³-hybridized carbons (Fsp3) is 1.00. The van der Waals surface area contributed by atoms with Gasteiger partial charge in [0.25, 0.3) is 0 Å². The van der Waals surface area contributed by atoms with Crippen molar-refractivity contribution >= 4 is 20.2 Å². The second-order valence-corrected chi connectivity index (χ2v) is 2.04. The van der Waals surface area contributed by atoms with Crippen molar-refractivity contribution in [2.75, 3.05) is 14.1 Å². The molecule has 0 rings (SSSR count). The summed E-state index contributed by atoms with van der Waals surface area (Å²) in [6.07, 6.45) is 0. The van der Waals surface area contributed by atoms with Crippen LogP contribution >= 0.6 is 20.2 Å². The third-order valence-corrected chi connectivity index (χ3v) is 0. The van der Waals surface area contributed by atoms with E-state index in [9.17, 15) is 0 Å². The Labute approximate surface area is 100 Å². The first-order valence-corrected chi connectivity index (χ1v) is 3.35. The van der Waals surface area contributed by atoms with Crippen molar-refractivity contribution in [3.05, 3.63) is 0 Å². The molecule has 9 heteroatoms. The number of phosphoric acid groups is 1. The maximum atomic E-state index is 8.88. The van der Waals surface area contributed by atoms with E-state index in [1.54, 1.807) is 0 Å². The molecule has 0 aliphatic heterocycles. The molecule has 4 N–H and O–H groups in total. The quantitative estimate of drug-likeness (QED) is 0.249. The molecule has 0 aromatic carbocycles. The molecule has 0 spiro atoms. The molecule has 0 aromatic rings. The van der Waals surface area contributed by atoms with Gasteiger partial charge < -0.3 is 32.4 Å². The van der Waals surface area contributed by atoms with Gasteiger partial charge in [-0.15, -0.1) is 12.4 Å². The van der Waals surface area contributed by atoms with E-state index in [4.69, 9.17) is 19.2 Å². The summed E-state index contributed by atoms with van der Waals surface area (Å²) in [5.74, 6) is 0. The van der Waals surface area contributed by atoms with Crippen molar-refractivity contribution in [2.24, 2.45) is 0 Å². The molecule has 0 aromatic heterocycles. The summed E-state index contributed by atoms with van der Waals surface area (Å²) in [4.78, 5) is 21.6. The largest absolute Gasteiger partial charge is 1.00 e. The van der Waals surface area contributed by atoms with Crippen molar-refractivity contribution < 1.29 is 61.2 Å². The fourth-order valence-electron chi connectivity index (χ4n) is 0. The Kier molecular flexibility index (Phi) is 47.1. The zero-order valence-electron chi connectivity index (χ0n) is 6.48. The average molecular weight is 238 g/mol. The standard InChI is InChI=1S/C2H7N.2ClH.Na.H3O4P/c1-3-2;;;;1-5(2,3)4/h3H,1-2H3;2*1H;;(H3,1,2,3,4)/q;;;+1;/p-1. The molecule has 0 radical (unpaired) electrons. The molecule has 0 amide bonds. The summed E-state index contributed by atoms with van der Waals surface area (Å²) >= 11 is 0. The Morgan fingerprint density at radius 2 is 1.18 bits per heavy atom. The molecular weight excluding hydrogens is 227 g/mol. The summed E-state index contributed by atoms with van der Waals surface area (Å²) in [6.45, 7) is 0. The van der Waals surface area contributed by atoms with Gasteiger partial charge in [0.05, 0.1) is 0 Å². The van der Waals surface area contributed by atoms with Gasteiger partial charge in [-0.1, -0.05) is 0 Å². The van der Waals surface area contributed by atoms with Crippen LogP contribution in [0.4, 0.5) is 0 Å². The van der Waals surface area contributed by atoms with Crippen LogP contribution in [0.1, 0.15) is 0 Å². The van der Waals surface area contributed by atoms with E-state index < -0.39 is 7.82 Å². The monoisotopic (exact) mass is 237 g/mol. The number of hydrogen-bond acceptors (Lipinski definition) is 2. The molecule has 5 nitrogen and oxygen atoms in total. The number of rotatable bonds is 0. The van der Waals surface area contributed by atoms with Crippen LogP contribution in [0.2, 0.25) is 0 Å². The minimum Gasteiger partial charge on any atom is -1.00 e. The summed E-state index contributed by atoms with van der Waals surface area (Å²) in [7, 11) is -0.889. The molecule has 0 atom stereocenters. The van der Waals surface area contributed by atoms with Crippen LogP contribution in [0.15, 0.2) is 0 Å². The maximum absolute atomic E-state index is 8.88. The fourth-order valence-corrected chi connectivity index (χ4v) is 0. The van der Waals surface area contributed by atoms with Crippen molar-refractivity contribution in [3.63, 3.8) is 0 Å². The zero-order chi connectivity index (χ0) is 7.21. The van der Waals surface area contributed by atoms with Gasteiger partial charge in [0, 0.05) is 0 Å². The van der Waals surface area contributed by atoms with Gasteiger partial charge in [-0.2, -0.15) is 0 Å². The minimum absolute atomic E-state index is 0. The second-order valence-electron chi connectivity index (χ2n) is 1.01. The number of halogens is 2. The van der Waals surface area contributed by atoms with Crippen molar-refractivity contribution in [2.45, 2.75) is 0 Å². The first-order chi connectivity index (χ1) is 3.41. The maximum Gasteiger partial charge on any atom is 1.00 e. The summed E-state index contributed by atoms with van der Waals surface area (Å²) < 4.78 is 8.88. The van der Waals surface area contributed by atoms with Crippen LogP contribution in [-0.2, 0) is 4.57 Å². The minimum atomic E-state index is -4.64. The number of nitrogens with one attached hydrogen (secondary N) is 1. The van der Waals surface area contributed by atoms with Gasteiger partial charge in [-0.3, -0.25) is 0 Å². The van der Waals surface area contributed by atoms with Gasteiger partial charge in [-0.25, -0.2) is 4.57 Å². The van der Waals surface area contributed by atoms with Gasteiger partial charge in [0.15, 0.2) is 0 Å². The van der Waals surface area contributed by atoms with E-state index in [1.807, 2.05) is 14.1 Å². The Bertz CT molecular complexity index is 81.9. The van der Waals surface area contributed by atoms with Crippen LogP contribution < -0.4 is 47.3 Å². The van der Waals surface area contributed by atoms with Crippen LogP contribution in [0.25, 0.3) is 0 Å². The molecular formula is C2H11Cl2NNaO4P. The second kappa shape index (κ2) is 17.7. The molecule has 0 fully saturated rings. The van der Waals surface area contributed by atoms with Crippen molar-refractivity contribution in [1.82, 2.24) is 5.32 Å².